The molecule has 0 saturated heterocycles. The SMILES string of the molecule is COC(=O)CNC1CC(C(=O)NC2=C3CC(NC(=O)COc4ccc(Cl)c(F)c4)(C3)C2)Oc2ccc(Cl)cc21. The number of halogens is 3. The predicted molar refractivity (Wildman–Crippen MR) is 140 cm³/mol. The van der Waals surface area contributed by atoms with E-state index in [1.807, 2.05) is 0 Å². The summed E-state index contributed by atoms with van der Waals surface area (Å²) in [6.07, 6.45) is 1.19. The van der Waals surface area contributed by atoms with E-state index < -0.39 is 23.4 Å². The van der Waals surface area contributed by atoms with Crippen LogP contribution in [0.2, 0.25) is 10.0 Å². The molecule has 0 radical (unpaired) electrons. The first-order valence-electron chi connectivity index (χ1n) is 12.3. The number of benzene rings is 2. The highest BCUT2D eigenvalue weighted by Crippen LogP contribution is 2.50. The maximum absolute atomic E-state index is 13.6. The molecule has 12 heteroatoms. The van der Waals surface area contributed by atoms with E-state index in [-0.39, 0.29) is 48.2 Å². The van der Waals surface area contributed by atoms with Gasteiger partial charge in [0.05, 0.1) is 24.2 Å². The van der Waals surface area contributed by atoms with E-state index in [1.165, 1.54) is 19.2 Å². The summed E-state index contributed by atoms with van der Waals surface area (Å²) in [7, 11) is 1.31. The molecule has 0 aromatic heterocycles. The monoisotopic (exact) mass is 577 g/mol. The van der Waals surface area contributed by atoms with Gasteiger partial charge in [0.2, 0.25) is 0 Å². The van der Waals surface area contributed by atoms with Crippen LogP contribution in [0.3, 0.4) is 0 Å². The first-order chi connectivity index (χ1) is 18.6. The van der Waals surface area contributed by atoms with E-state index in [1.54, 1.807) is 18.2 Å². The molecule has 1 saturated carbocycles. The highest BCUT2D eigenvalue weighted by Gasteiger charge is 2.50. The van der Waals surface area contributed by atoms with Crippen molar-refractivity contribution in [2.24, 2.45) is 0 Å². The molecule has 4 aliphatic rings. The Balaban J connectivity index is 1.16. The molecule has 2 aromatic rings. The zero-order valence-corrected chi connectivity index (χ0v) is 22.5. The number of fused-ring (bicyclic) bond motifs is 2. The second-order valence-corrected chi connectivity index (χ2v) is 10.7. The lowest BCUT2D eigenvalue weighted by atomic mass is 9.78. The minimum absolute atomic E-state index is 0.0282. The van der Waals surface area contributed by atoms with Gasteiger partial charge < -0.3 is 24.8 Å². The summed E-state index contributed by atoms with van der Waals surface area (Å²) in [4.78, 5) is 37.4. The van der Waals surface area contributed by atoms with E-state index in [2.05, 4.69) is 16.0 Å². The van der Waals surface area contributed by atoms with Crippen LogP contribution in [0.1, 0.15) is 37.3 Å². The molecule has 9 nitrogen and oxygen atoms in total. The molecule has 206 valence electrons. The summed E-state index contributed by atoms with van der Waals surface area (Å²) in [6, 6.07) is 8.73. The Bertz CT molecular complexity index is 1360. The zero-order chi connectivity index (χ0) is 27.7. The van der Waals surface area contributed by atoms with Crippen molar-refractivity contribution in [1.82, 2.24) is 16.0 Å². The van der Waals surface area contributed by atoms with Crippen LogP contribution in [0.4, 0.5) is 4.39 Å². The van der Waals surface area contributed by atoms with Crippen LogP contribution in [0, 0.1) is 5.82 Å². The van der Waals surface area contributed by atoms with Gasteiger partial charge >= 0.3 is 5.97 Å². The van der Waals surface area contributed by atoms with Crippen LogP contribution in [-0.4, -0.2) is 49.7 Å². The summed E-state index contributed by atoms with van der Waals surface area (Å²) >= 11 is 11.8. The summed E-state index contributed by atoms with van der Waals surface area (Å²) < 4.78 is 29.7. The average Bonchev–Trinajstić information content (AvgIpc) is 3.40. The third kappa shape index (κ3) is 5.98. The van der Waals surface area contributed by atoms with Crippen LogP contribution in [-0.2, 0) is 19.1 Å². The molecule has 2 bridgehead atoms. The number of carbonyl (C=O) groups excluding carboxylic acids is 3. The van der Waals surface area contributed by atoms with Gasteiger partial charge in [0.15, 0.2) is 12.7 Å². The zero-order valence-electron chi connectivity index (χ0n) is 20.9. The molecule has 2 aromatic carbocycles. The third-order valence-corrected chi connectivity index (χ3v) is 7.61. The Labute approximate surface area is 234 Å². The summed E-state index contributed by atoms with van der Waals surface area (Å²) in [6.45, 7) is -0.311. The van der Waals surface area contributed by atoms with E-state index in [4.69, 9.17) is 37.4 Å². The van der Waals surface area contributed by atoms with Gasteiger partial charge in [-0.05, 0) is 48.7 Å². The van der Waals surface area contributed by atoms with E-state index in [0.717, 1.165) is 22.9 Å². The number of ether oxygens (including phenoxy) is 3. The molecule has 2 amide bonds. The average molecular weight is 578 g/mol. The fourth-order valence-electron chi connectivity index (χ4n) is 5.18. The summed E-state index contributed by atoms with van der Waals surface area (Å²) in [5.74, 6) is -1.01. The standard InChI is InChI=1S/C27H26Cl2FN3O6/c1-37-25(35)12-31-20-8-23(39-22-5-2-15(28)6-17(20)22)26(36)32-21-11-27(9-14(21)10-27)33-24(34)13-38-16-3-4-18(29)19(30)7-16/h2-7,20,23,31H,8-13H2,1H3,(H,32,36)(H,33,34). The van der Waals surface area contributed by atoms with Gasteiger partial charge in [-0.15, -0.1) is 0 Å². The van der Waals surface area contributed by atoms with E-state index >= 15 is 0 Å². The summed E-state index contributed by atoms with van der Waals surface area (Å²) in [5, 5.41) is 9.57. The van der Waals surface area contributed by atoms with Crippen LogP contribution < -0.4 is 25.4 Å². The van der Waals surface area contributed by atoms with Crippen molar-refractivity contribution in [2.45, 2.75) is 43.4 Å². The molecule has 1 fully saturated rings. The predicted octanol–water partition coefficient (Wildman–Crippen LogP) is 3.59. The van der Waals surface area contributed by atoms with Gasteiger partial charge in [-0.2, -0.15) is 0 Å². The fourth-order valence-corrected chi connectivity index (χ4v) is 5.48. The molecule has 1 heterocycles. The highest BCUT2D eigenvalue weighted by molar-refractivity contribution is 6.31. The molecule has 1 aliphatic heterocycles. The first-order valence-corrected chi connectivity index (χ1v) is 13.1. The van der Waals surface area contributed by atoms with Gasteiger partial charge in [-0.1, -0.05) is 23.2 Å². The van der Waals surface area contributed by atoms with Crippen LogP contribution >= 0.6 is 23.2 Å². The van der Waals surface area contributed by atoms with Crippen molar-refractivity contribution >= 4 is 41.0 Å². The number of methoxy groups -OCH3 is 1. The number of amides is 2. The van der Waals surface area contributed by atoms with Crippen molar-refractivity contribution in [2.75, 3.05) is 20.3 Å². The Morgan fingerprint density at radius 1 is 1.13 bits per heavy atom. The first kappa shape index (κ1) is 27.2. The number of esters is 1. The molecule has 3 N–H and O–H groups in total. The molecular formula is C27H26Cl2FN3O6. The van der Waals surface area contributed by atoms with E-state index in [0.29, 0.717) is 30.0 Å². The lowest BCUT2D eigenvalue weighted by Crippen LogP contribution is -2.52. The van der Waals surface area contributed by atoms with Gasteiger partial charge in [-0.3, -0.25) is 19.7 Å². The Hall–Kier alpha value is -3.34. The Morgan fingerprint density at radius 3 is 2.67 bits per heavy atom. The van der Waals surface area contributed by atoms with Crippen LogP contribution in [0.25, 0.3) is 0 Å². The van der Waals surface area contributed by atoms with Crippen LogP contribution in [0.15, 0.2) is 47.7 Å². The number of hydrogen-bond acceptors (Lipinski definition) is 7. The highest BCUT2D eigenvalue weighted by atomic mass is 35.5. The molecule has 0 spiro atoms. The third-order valence-electron chi connectivity index (χ3n) is 7.06. The largest absolute Gasteiger partial charge is 0.484 e. The molecule has 6 rings (SSSR count). The fraction of sp³-hybridized carbons (Fsp3) is 0.370. The number of carbonyl (C=O) groups is 3. The minimum atomic E-state index is -0.807. The van der Waals surface area contributed by atoms with Crippen molar-refractivity contribution < 1.29 is 33.0 Å². The van der Waals surface area contributed by atoms with Gasteiger partial charge in [0.25, 0.3) is 11.8 Å². The maximum atomic E-state index is 13.6. The van der Waals surface area contributed by atoms with Crippen LogP contribution in [0.5, 0.6) is 11.5 Å². The second kappa shape index (κ2) is 11.0. The molecule has 2 unspecified atom stereocenters. The van der Waals surface area contributed by atoms with Gasteiger partial charge in [0, 0.05) is 41.2 Å². The van der Waals surface area contributed by atoms with E-state index in [9.17, 15) is 18.8 Å². The Morgan fingerprint density at radius 2 is 1.92 bits per heavy atom. The smallest absolute Gasteiger partial charge is 0.319 e. The number of nitrogens with one attached hydrogen (secondary N) is 3. The topological polar surface area (TPSA) is 115 Å². The number of hydrogen-bond donors (Lipinski definition) is 3. The summed E-state index contributed by atoms with van der Waals surface area (Å²) in [5.41, 5.74) is 2.11. The van der Waals surface area contributed by atoms with Crippen molar-refractivity contribution in [3.63, 3.8) is 0 Å². The lowest BCUT2D eigenvalue weighted by Gasteiger charge is -2.37. The van der Waals surface area contributed by atoms with Gasteiger partial charge in [-0.25, -0.2) is 4.39 Å². The number of rotatable bonds is 9. The molecule has 3 aliphatic carbocycles. The molecule has 39 heavy (non-hydrogen) atoms. The minimum Gasteiger partial charge on any atom is -0.484 e. The normalized spacial score (nSPS) is 20.3. The van der Waals surface area contributed by atoms with Crippen molar-refractivity contribution in [3.05, 3.63) is 69.1 Å². The lowest BCUT2D eigenvalue weighted by molar-refractivity contribution is -0.139. The quantitative estimate of drug-likeness (QED) is 0.390. The second-order valence-electron chi connectivity index (χ2n) is 9.83. The van der Waals surface area contributed by atoms with Crippen molar-refractivity contribution in [3.8, 4) is 11.5 Å². The van der Waals surface area contributed by atoms with Crippen molar-refractivity contribution in [1.29, 1.82) is 0 Å². The maximum Gasteiger partial charge on any atom is 0.319 e. The van der Waals surface area contributed by atoms with Gasteiger partial charge in [0.1, 0.15) is 17.3 Å². The Kier molecular flexibility index (Phi) is 7.70. The molecular weight excluding hydrogens is 552 g/mol. The molecule has 2 atom stereocenters.